The molecule has 4 aromatic rings. The highest BCUT2D eigenvalue weighted by Gasteiger charge is 2.44. The number of pyridine rings is 1. The van der Waals surface area contributed by atoms with E-state index in [0.717, 1.165) is 29.2 Å². The Morgan fingerprint density at radius 1 is 0.471 bits per heavy atom. The van der Waals surface area contributed by atoms with Crippen LogP contribution in [0.5, 0.6) is 5.88 Å². The maximum Gasteiger partial charge on any atom is 0.549 e. The highest BCUT2D eigenvalue weighted by atomic mass is 32.2. The van der Waals surface area contributed by atoms with Crippen molar-refractivity contribution in [3.63, 3.8) is 0 Å². The third kappa shape index (κ3) is 59.7. The summed E-state index contributed by atoms with van der Waals surface area (Å²) in [6.45, 7) is 81.3. The van der Waals surface area contributed by atoms with Gasteiger partial charge in [-0.3, -0.25) is 18.3 Å². The molecule has 0 aliphatic heterocycles. The first-order valence-electron chi connectivity index (χ1n) is 50.4. The lowest BCUT2D eigenvalue weighted by atomic mass is 10.1. The predicted octanol–water partition coefficient (Wildman–Crippen LogP) is 21.0. The lowest BCUT2D eigenvalue weighted by Crippen LogP contribution is -2.52. The summed E-state index contributed by atoms with van der Waals surface area (Å²) in [5, 5.41) is 27.2. The van der Waals surface area contributed by atoms with Crippen LogP contribution in [0.15, 0.2) is 68.4 Å². The van der Waals surface area contributed by atoms with Crippen LogP contribution in [0.4, 0.5) is 40.6 Å². The normalized spacial score (nSPS) is 12.9. The lowest BCUT2D eigenvalue weighted by molar-refractivity contribution is -0.906. The second kappa shape index (κ2) is 66.9. The molecule has 2 heterocycles. The molecule has 0 saturated heterocycles. The standard InChI is InChI=1S/C29H37N9O11S2Si.3C18H46NO2Si3.C6H17NO3Si.C2H6.O2Si/c1-5-38-25(39)21(17-50(41,42)43)18(2)24(26(38)40)37-36-22-16-20(12-13-23(22)51(44,45)46)32-29-34-27(30-14-9-15-52(47,48-3)49-4)33-28(35-29)31-19-10-7-6-8-11-19;3*1-11-14-17-22(5,6)20-24(9,10)21-23(7,8)18-15-16-19(4,12-2)13-3;1-8-11(9-2,10-3)6-4-5-7;1-2;1-3-2/h6-8,10-13,16,39,47H,5,9,14-15,17H2,1-4H3,(H,41,42,43)(H,44,45,46)(H3,30,31,32,33,34,35);3*11-18H2,1-10H3;4-7H2,1-3H3;1-2H3;/q;3*+1;;;/p-2. The van der Waals surface area contributed by atoms with Crippen LogP contribution in [0, 0.1) is 6.92 Å². The van der Waals surface area contributed by atoms with Crippen LogP contribution in [0.1, 0.15) is 165 Å². The number of aromatic hydroxyl groups is 1. The zero-order valence-electron chi connectivity index (χ0n) is 94.2. The van der Waals surface area contributed by atoms with Gasteiger partial charge < -0.3 is 101 Å². The first-order chi connectivity index (χ1) is 64.5. The van der Waals surface area contributed by atoms with Crippen LogP contribution in [0.2, 0.25) is 166 Å². The quantitative estimate of drug-likeness (QED) is 0.00786. The fourth-order valence-corrected chi connectivity index (χ4v) is 63.0. The van der Waals surface area contributed by atoms with E-state index in [0.29, 0.717) is 25.2 Å². The van der Waals surface area contributed by atoms with E-state index in [-0.39, 0.29) is 41.7 Å². The molecular weight excluding hydrogens is 2030 g/mol. The van der Waals surface area contributed by atoms with Crippen molar-refractivity contribution in [1.29, 1.82) is 0 Å². The number of nitrogens with two attached hydrogens (primary N) is 1. The largest absolute Gasteiger partial charge is 0.748 e. The number of hydrogen-bond acceptors (Lipinski definition) is 31. The number of aromatic nitrogens is 4. The van der Waals surface area contributed by atoms with Crippen molar-refractivity contribution in [3.05, 3.63) is 70.0 Å². The predicted molar refractivity (Wildman–Crippen MR) is 599 cm³/mol. The minimum atomic E-state index is -5.14. The summed E-state index contributed by atoms with van der Waals surface area (Å²) in [6.07, 6.45) is 12.8. The summed E-state index contributed by atoms with van der Waals surface area (Å²) < 4.78 is 158. The van der Waals surface area contributed by atoms with E-state index in [2.05, 4.69) is 242 Å². The smallest absolute Gasteiger partial charge is 0.549 e. The molecule has 0 fully saturated rings. The Labute approximate surface area is 862 Å². The molecule has 0 radical (unpaired) electrons. The van der Waals surface area contributed by atoms with E-state index in [1.165, 1.54) is 201 Å². The zero-order chi connectivity index (χ0) is 109. The van der Waals surface area contributed by atoms with Gasteiger partial charge >= 0.3 is 52.6 Å². The van der Waals surface area contributed by atoms with Crippen molar-refractivity contribution in [2.75, 3.05) is 145 Å². The van der Waals surface area contributed by atoms with E-state index in [9.17, 15) is 40.6 Å². The van der Waals surface area contributed by atoms with E-state index >= 15 is 0 Å². The van der Waals surface area contributed by atoms with Gasteiger partial charge in [0.05, 0.1) is 101 Å². The fourth-order valence-electron chi connectivity index (χ4n) is 16.1. The highest BCUT2D eigenvalue weighted by molar-refractivity contribution is 7.86. The van der Waals surface area contributed by atoms with Crippen molar-refractivity contribution < 1.29 is 105 Å². The molecule has 4 rings (SSSR count). The van der Waals surface area contributed by atoms with Gasteiger partial charge in [0.25, 0.3) is 5.56 Å². The SMILES string of the molecule is CC.CCCC[Si](C)(C)O[Si](C)(C)O[Si](C)(C)CCC[N+](C)(CC)CC.CCCC[Si](C)(C)O[Si](C)(C)O[Si](C)(C)CCC[N+](C)(CC)CC.CCCC[Si](C)(C)O[Si](C)(C)O[Si](C)(C)CCC[N+](C)(CC)CC.CCn1c(O)c(CS(=O)(=O)[O-])c(C)c(N=Nc2cc(Nc3nc(NCCC[Si](O)(OC)OC)nc(Nc4ccccc4)n3)ccc2S(=O)(=O)[O-])c1=O.CO[Si](CCCN)(OC)OC.O=[Si]=O. The number of unbranched alkanes of at least 4 members (excludes halogenated alkanes) is 3. The Hall–Kier alpha value is -3.42. The Balaban J connectivity index is -0.00000181. The molecule has 0 spiro atoms. The maximum atomic E-state index is 13.1. The number of anilines is 5. The molecule has 140 heavy (non-hydrogen) atoms. The first-order valence-corrected chi connectivity index (χ1v) is 85.3. The molecule has 49 heteroatoms. The van der Waals surface area contributed by atoms with Crippen LogP contribution >= 0.6 is 0 Å². The van der Waals surface area contributed by atoms with Gasteiger partial charge in [-0.05, 0) is 284 Å². The average molecular weight is 2230 g/mol. The van der Waals surface area contributed by atoms with Crippen molar-refractivity contribution in [2.45, 2.75) is 344 Å². The van der Waals surface area contributed by atoms with Gasteiger partial charge in [0, 0.05) is 77.7 Å². The number of quaternary nitrogens is 3. The second-order valence-electron chi connectivity index (χ2n) is 41.1. The van der Waals surface area contributed by atoms with Crippen molar-refractivity contribution in [1.82, 2.24) is 19.5 Å². The molecule has 0 saturated carbocycles. The molecule has 2 aromatic carbocycles. The average Bonchev–Trinajstić information content (AvgIpc) is 0.778. The summed E-state index contributed by atoms with van der Waals surface area (Å²) in [5.74, 6) is -1.74. The van der Waals surface area contributed by atoms with Crippen LogP contribution < -0.4 is 27.2 Å². The number of benzene rings is 2. The molecule has 816 valence electrons. The van der Waals surface area contributed by atoms with Gasteiger partial charge in [-0.25, -0.2) is 16.8 Å². The van der Waals surface area contributed by atoms with Crippen molar-refractivity contribution in [3.8, 4) is 5.88 Å². The first kappa shape index (κ1) is 141. The minimum Gasteiger partial charge on any atom is -0.748 e. The van der Waals surface area contributed by atoms with Crippen LogP contribution in [-0.2, 0) is 88.3 Å². The Morgan fingerprint density at radius 2 is 0.807 bits per heavy atom. The summed E-state index contributed by atoms with van der Waals surface area (Å²) in [5.41, 5.74) is 3.58. The minimum absolute atomic E-state index is 0.0418. The number of hydrogen-bond donors (Lipinski definition) is 6. The third-order valence-electron chi connectivity index (χ3n) is 24.6. The second-order valence-corrected chi connectivity index (χ2v) is 87.3. The Kier molecular flexibility index (Phi) is 67.2. The van der Waals surface area contributed by atoms with Gasteiger partial charge in [-0.2, -0.15) is 15.0 Å². The van der Waals surface area contributed by atoms with E-state index in [1.807, 2.05) is 19.9 Å². The van der Waals surface area contributed by atoms with Crippen LogP contribution in [0.3, 0.4) is 0 Å². The molecule has 7 N–H and O–H groups in total. The molecule has 35 nitrogen and oxygen atoms in total. The van der Waals surface area contributed by atoms with Crippen LogP contribution in [0.25, 0.3) is 0 Å². The van der Waals surface area contributed by atoms with Gasteiger partial charge in [0.2, 0.25) is 17.8 Å². The molecule has 0 atom stereocenters. The molecule has 0 bridgehead atoms. The van der Waals surface area contributed by atoms with E-state index < -0.39 is 162 Å². The third-order valence-corrected chi connectivity index (χ3v) is 65.6. The monoisotopic (exact) mass is 2220 g/mol. The number of para-hydroxylation sites is 1. The molecule has 0 aliphatic rings. The van der Waals surface area contributed by atoms with E-state index in [4.69, 9.17) is 61.5 Å². The number of nitrogens with zero attached hydrogens (tertiary/aromatic N) is 9. The number of azo groups is 1. The lowest BCUT2D eigenvalue weighted by Gasteiger charge is -2.39. The topological polar surface area (TPSA) is 438 Å². The molecule has 0 unspecified atom stereocenters. The van der Waals surface area contributed by atoms with Gasteiger partial charge in [0.15, 0.2) is 61.5 Å². The summed E-state index contributed by atoms with van der Waals surface area (Å²) in [7, 11) is -18.2. The van der Waals surface area contributed by atoms with Crippen LogP contribution in [-0.4, -0.2) is 300 Å². The number of rotatable bonds is 62. The van der Waals surface area contributed by atoms with Crippen molar-refractivity contribution in [2.24, 2.45) is 16.0 Å². The Bertz CT molecular complexity index is 4310. The van der Waals surface area contributed by atoms with Gasteiger partial charge in [-0.15, -0.1) is 10.2 Å². The van der Waals surface area contributed by atoms with E-state index in [1.54, 1.807) is 45.6 Å². The van der Waals surface area contributed by atoms with Gasteiger partial charge in [-0.1, -0.05) is 91.3 Å². The molecular formula is C91H196N13O22S2Si12+. The fraction of sp³-hybridized carbons (Fsp3) is 0.780. The Morgan fingerprint density at radius 3 is 1.11 bits per heavy atom. The summed E-state index contributed by atoms with van der Waals surface area (Å²) in [4.78, 5) is 35.7. The summed E-state index contributed by atoms with van der Waals surface area (Å²) in [6, 6.07) is 20.8. The van der Waals surface area contributed by atoms with Gasteiger partial charge in [0.1, 0.15) is 15.8 Å². The molecule has 2 aromatic heterocycles. The maximum absolute atomic E-state index is 13.1. The molecule has 0 amide bonds. The summed E-state index contributed by atoms with van der Waals surface area (Å²) >= 11 is 0. The molecule has 0 aliphatic carbocycles. The van der Waals surface area contributed by atoms with Crippen molar-refractivity contribution >= 4 is 163 Å². The zero-order valence-corrected chi connectivity index (χ0v) is 108. The highest BCUT2D eigenvalue weighted by Crippen LogP contribution is 2.36. The number of nitrogens with one attached hydrogen (secondary N) is 3.